The minimum absolute atomic E-state index is 0.254. The van der Waals surface area contributed by atoms with Gasteiger partial charge < -0.3 is 31.1 Å². The molecule has 9 heteroatoms. The van der Waals surface area contributed by atoms with Gasteiger partial charge in [0.2, 0.25) is 0 Å². The molecule has 4 rings (SSSR count). The highest BCUT2D eigenvalue weighted by atomic mass is 35.5. The van der Waals surface area contributed by atoms with Gasteiger partial charge in [0.15, 0.2) is 0 Å². The van der Waals surface area contributed by atoms with E-state index in [1.165, 1.54) is 13.2 Å². The number of amides is 2. The SMILES string of the molecule is COc1cc(N)c(Cl)cc1C(=O)NCC1CCN(CC(NC(=O)O)c2ccc(-c3ccccc3)cc2)CC1. The van der Waals surface area contributed by atoms with Gasteiger partial charge in [-0.2, -0.15) is 0 Å². The summed E-state index contributed by atoms with van der Waals surface area (Å²) in [5.41, 5.74) is 9.66. The van der Waals surface area contributed by atoms with Gasteiger partial charge in [0.1, 0.15) is 5.75 Å². The fraction of sp³-hybridized carbons (Fsp3) is 0.310. The Kier molecular flexibility index (Phi) is 9.10. The molecule has 1 fully saturated rings. The summed E-state index contributed by atoms with van der Waals surface area (Å²) < 4.78 is 5.28. The first-order chi connectivity index (χ1) is 18.3. The monoisotopic (exact) mass is 536 g/mol. The molecule has 3 aromatic rings. The van der Waals surface area contributed by atoms with E-state index in [-0.39, 0.29) is 11.9 Å². The van der Waals surface area contributed by atoms with Crippen LogP contribution in [0.2, 0.25) is 5.02 Å². The first kappa shape index (κ1) is 27.3. The van der Waals surface area contributed by atoms with Gasteiger partial charge in [0.25, 0.3) is 5.91 Å². The van der Waals surface area contributed by atoms with E-state index in [2.05, 4.69) is 27.7 Å². The van der Waals surface area contributed by atoms with Crippen LogP contribution < -0.4 is 21.1 Å². The van der Waals surface area contributed by atoms with Crippen LogP contribution in [0.4, 0.5) is 10.5 Å². The summed E-state index contributed by atoms with van der Waals surface area (Å²) in [6.45, 7) is 2.75. The molecule has 8 nitrogen and oxygen atoms in total. The number of carbonyl (C=O) groups excluding carboxylic acids is 1. The van der Waals surface area contributed by atoms with E-state index in [0.717, 1.165) is 42.6 Å². The maximum atomic E-state index is 12.7. The zero-order chi connectivity index (χ0) is 27.1. The molecule has 5 N–H and O–H groups in total. The second-order valence-corrected chi connectivity index (χ2v) is 9.93. The lowest BCUT2D eigenvalue weighted by Crippen LogP contribution is -2.43. The average Bonchev–Trinajstić information content (AvgIpc) is 2.93. The van der Waals surface area contributed by atoms with Gasteiger partial charge >= 0.3 is 6.09 Å². The first-order valence-electron chi connectivity index (χ1n) is 12.6. The molecule has 0 aliphatic carbocycles. The minimum atomic E-state index is -1.04. The number of benzene rings is 3. The fourth-order valence-electron chi connectivity index (χ4n) is 4.80. The van der Waals surface area contributed by atoms with Crippen molar-refractivity contribution in [3.63, 3.8) is 0 Å². The molecular weight excluding hydrogens is 504 g/mol. The molecule has 1 heterocycles. The molecule has 0 bridgehead atoms. The van der Waals surface area contributed by atoms with Gasteiger partial charge in [-0.05, 0) is 54.6 Å². The molecule has 3 aromatic carbocycles. The number of rotatable bonds is 9. The highest BCUT2D eigenvalue weighted by molar-refractivity contribution is 6.33. The fourth-order valence-corrected chi connectivity index (χ4v) is 4.96. The highest BCUT2D eigenvalue weighted by Crippen LogP contribution is 2.29. The van der Waals surface area contributed by atoms with Crippen LogP contribution in [-0.4, -0.2) is 55.3 Å². The number of hydrogen-bond donors (Lipinski definition) is 4. The lowest BCUT2D eigenvalue weighted by molar-refractivity contribution is 0.0932. The lowest BCUT2D eigenvalue weighted by Gasteiger charge is -2.34. The topological polar surface area (TPSA) is 117 Å². The van der Waals surface area contributed by atoms with Gasteiger partial charge in [0.05, 0.1) is 29.4 Å². The van der Waals surface area contributed by atoms with E-state index >= 15 is 0 Å². The van der Waals surface area contributed by atoms with Gasteiger partial charge in [-0.15, -0.1) is 0 Å². The molecule has 1 aliphatic rings. The third kappa shape index (κ3) is 6.96. The Labute approximate surface area is 227 Å². The Balaban J connectivity index is 1.31. The quantitative estimate of drug-likeness (QED) is 0.284. The Morgan fingerprint density at radius 3 is 2.37 bits per heavy atom. The zero-order valence-electron chi connectivity index (χ0n) is 21.3. The molecule has 0 radical (unpaired) electrons. The van der Waals surface area contributed by atoms with Crippen molar-refractivity contribution in [1.82, 2.24) is 15.5 Å². The number of anilines is 1. The van der Waals surface area contributed by atoms with Crippen LogP contribution in [0.1, 0.15) is 34.8 Å². The number of likely N-dealkylation sites (tertiary alicyclic amines) is 1. The van der Waals surface area contributed by atoms with Gasteiger partial charge in [-0.3, -0.25) is 4.79 Å². The van der Waals surface area contributed by atoms with Gasteiger partial charge in [-0.1, -0.05) is 66.2 Å². The maximum absolute atomic E-state index is 12.7. The van der Waals surface area contributed by atoms with Crippen LogP contribution in [0.5, 0.6) is 5.75 Å². The number of nitrogens with zero attached hydrogens (tertiary/aromatic N) is 1. The van der Waals surface area contributed by atoms with Gasteiger partial charge in [0, 0.05) is 19.2 Å². The van der Waals surface area contributed by atoms with Crippen molar-refractivity contribution in [3.05, 3.63) is 82.9 Å². The van der Waals surface area contributed by atoms with Gasteiger partial charge in [-0.25, -0.2) is 4.79 Å². The molecule has 0 saturated carbocycles. The Hall–Kier alpha value is -3.75. The lowest BCUT2D eigenvalue weighted by atomic mass is 9.95. The molecule has 38 heavy (non-hydrogen) atoms. The smallest absolute Gasteiger partial charge is 0.405 e. The summed E-state index contributed by atoms with van der Waals surface area (Å²) in [5.74, 6) is 0.449. The van der Waals surface area contributed by atoms with Crippen molar-refractivity contribution in [2.24, 2.45) is 5.92 Å². The molecule has 0 spiro atoms. The highest BCUT2D eigenvalue weighted by Gasteiger charge is 2.24. The molecule has 1 aliphatic heterocycles. The number of ether oxygens (including phenoxy) is 1. The van der Waals surface area contributed by atoms with Crippen molar-refractivity contribution >= 4 is 29.3 Å². The third-order valence-corrected chi connectivity index (χ3v) is 7.31. The molecule has 1 unspecified atom stereocenters. The van der Waals surface area contributed by atoms with Crippen molar-refractivity contribution < 1.29 is 19.4 Å². The Morgan fingerprint density at radius 2 is 1.74 bits per heavy atom. The number of halogens is 1. The molecule has 2 amide bonds. The summed E-state index contributed by atoms with van der Waals surface area (Å²) in [5, 5.41) is 15.4. The average molecular weight is 537 g/mol. The van der Waals surface area contributed by atoms with Crippen LogP contribution in [0.15, 0.2) is 66.7 Å². The van der Waals surface area contributed by atoms with Crippen LogP contribution >= 0.6 is 11.6 Å². The van der Waals surface area contributed by atoms with E-state index in [4.69, 9.17) is 22.1 Å². The molecule has 1 atom stereocenters. The van der Waals surface area contributed by atoms with E-state index < -0.39 is 6.09 Å². The summed E-state index contributed by atoms with van der Waals surface area (Å²) in [6, 6.07) is 20.8. The van der Waals surface area contributed by atoms with Crippen molar-refractivity contribution in [3.8, 4) is 16.9 Å². The predicted molar refractivity (Wildman–Crippen MR) is 150 cm³/mol. The van der Waals surface area contributed by atoms with E-state index in [9.17, 15) is 14.7 Å². The summed E-state index contributed by atoms with van der Waals surface area (Å²) in [6.07, 6.45) is 0.747. The summed E-state index contributed by atoms with van der Waals surface area (Å²) in [4.78, 5) is 26.5. The zero-order valence-corrected chi connectivity index (χ0v) is 22.1. The number of carboxylic acid groups (broad SMARTS) is 1. The van der Waals surface area contributed by atoms with Crippen LogP contribution in [-0.2, 0) is 0 Å². The standard InChI is InChI=1S/C29H33ClN4O4/c1-38-27-16-25(31)24(30)15-23(27)28(35)32-17-19-11-13-34(14-12-19)18-26(33-29(36)37)22-9-7-21(8-10-22)20-5-3-2-4-6-20/h2-10,15-16,19,26,33H,11-14,17-18,31H2,1H3,(H,32,35)(H,36,37). The third-order valence-electron chi connectivity index (χ3n) is 6.98. The van der Waals surface area contributed by atoms with Crippen molar-refractivity contribution in [2.45, 2.75) is 18.9 Å². The normalized spacial score (nSPS) is 15.0. The largest absolute Gasteiger partial charge is 0.496 e. The van der Waals surface area contributed by atoms with Crippen molar-refractivity contribution in [2.75, 3.05) is 39.0 Å². The Bertz CT molecular complexity index is 1250. The van der Waals surface area contributed by atoms with E-state index in [1.54, 1.807) is 6.07 Å². The number of carbonyl (C=O) groups is 2. The maximum Gasteiger partial charge on any atom is 0.405 e. The Morgan fingerprint density at radius 1 is 1.08 bits per heavy atom. The molecule has 1 saturated heterocycles. The second-order valence-electron chi connectivity index (χ2n) is 9.52. The number of nitrogen functional groups attached to an aromatic ring is 1. The second kappa shape index (κ2) is 12.7. The summed E-state index contributed by atoms with van der Waals surface area (Å²) >= 11 is 6.10. The number of nitrogens with one attached hydrogen (secondary N) is 2. The number of nitrogens with two attached hydrogens (primary N) is 1. The van der Waals surface area contributed by atoms with E-state index in [0.29, 0.717) is 41.0 Å². The number of hydrogen-bond acceptors (Lipinski definition) is 5. The summed E-state index contributed by atoms with van der Waals surface area (Å²) in [7, 11) is 1.49. The van der Waals surface area contributed by atoms with Crippen LogP contribution in [0.25, 0.3) is 11.1 Å². The van der Waals surface area contributed by atoms with Crippen molar-refractivity contribution in [1.29, 1.82) is 0 Å². The molecular formula is C29H33ClN4O4. The minimum Gasteiger partial charge on any atom is -0.496 e. The molecule has 200 valence electrons. The van der Waals surface area contributed by atoms with Crippen LogP contribution in [0.3, 0.4) is 0 Å². The first-order valence-corrected chi connectivity index (χ1v) is 13.0. The predicted octanol–water partition coefficient (Wildman–Crippen LogP) is 5.05. The van der Waals surface area contributed by atoms with Crippen LogP contribution in [0, 0.1) is 5.92 Å². The number of piperidine rings is 1. The molecule has 0 aromatic heterocycles. The van der Waals surface area contributed by atoms with E-state index in [1.807, 2.05) is 42.5 Å². The number of methoxy groups -OCH3 is 1.